The molecule has 0 spiro atoms. The van der Waals surface area contributed by atoms with Gasteiger partial charge in [-0.05, 0) is 24.6 Å². The number of methoxy groups -OCH3 is 1. The van der Waals surface area contributed by atoms with Crippen LogP contribution in [0.15, 0.2) is 18.2 Å². The van der Waals surface area contributed by atoms with Crippen molar-refractivity contribution >= 4 is 5.97 Å². The largest absolute Gasteiger partial charge is 0.508 e. The number of carbonyl (C=O) groups excluding carboxylic acids is 1. The minimum Gasteiger partial charge on any atom is -0.508 e. The number of hydrogen-bond donors (Lipinski definition) is 2. The Morgan fingerprint density at radius 1 is 1.56 bits per heavy atom. The summed E-state index contributed by atoms with van der Waals surface area (Å²) in [5.41, 5.74) is 0.563. The average Bonchev–Trinajstić information content (AvgIpc) is 2.23. The number of phenolic OH excluding ortho intramolecular Hbond substituents is 1. The van der Waals surface area contributed by atoms with Crippen LogP contribution in [0.25, 0.3) is 0 Å². The summed E-state index contributed by atoms with van der Waals surface area (Å²) >= 11 is 0. The summed E-state index contributed by atoms with van der Waals surface area (Å²) in [6.07, 6.45) is 0. The molecule has 88 valence electrons. The van der Waals surface area contributed by atoms with Crippen molar-refractivity contribution in [3.05, 3.63) is 29.6 Å². The summed E-state index contributed by atoms with van der Waals surface area (Å²) < 4.78 is 17.4. The van der Waals surface area contributed by atoms with E-state index in [1.807, 2.05) is 0 Å². The number of hydrogen-bond acceptors (Lipinski definition) is 4. The molecule has 1 rings (SSSR count). The summed E-state index contributed by atoms with van der Waals surface area (Å²) in [7, 11) is 1.30. The molecule has 1 unspecified atom stereocenters. The van der Waals surface area contributed by atoms with Crippen molar-refractivity contribution in [1.82, 2.24) is 5.32 Å². The second-order valence-corrected chi connectivity index (χ2v) is 3.44. The van der Waals surface area contributed by atoms with E-state index in [1.165, 1.54) is 19.2 Å². The Bertz CT molecular complexity index is 361. The van der Waals surface area contributed by atoms with Gasteiger partial charge in [-0.2, -0.15) is 0 Å². The van der Waals surface area contributed by atoms with Crippen molar-refractivity contribution < 1.29 is 19.0 Å². The Kier molecular flexibility index (Phi) is 4.25. The van der Waals surface area contributed by atoms with Gasteiger partial charge < -0.3 is 15.2 Å². The third kappa shape index (κ3) is 3.51. The Labute approximate surface area is 93.0 Å². The summed E-state index contributed by atoms with van der Waals surface area (Å²) in [5, 5.41) is 12.0. The van der Waals surface area contributed by atoms with Crippen LogP contribution in [0.3, 0.4) is 0 Å². The number of nitrogens with one attached hydrogen (secondary N) is 1. The lowest BCUT2D eigenvalue weighted by molar-refractivity contribution is -0.142. The monoisotopic (exact) mass is 227 g/mol. The van der Waals surface area contributed by atoms with Crippen LogP contribution in [0.5, 0.6) is 5.75 Å². The van der Waals surface area contributed by atoms with E-state index < -0.39 is 11.9 Å². The van der Waals surface area contributed by atoms with Crippen LogP contribution >= 0.6 is 0 Å². The first-order valence-corrected chi connectivity index (χ1v) is 4.82. The zero-order valence-corrected chi connectivity index (χ0v) is 9.16. The molecule has 0 heterocycles. The average molecular weight is 227 g/mol. The van der Waals surface area contributed by atoms with E-state index in [-0.39, 0.29) is 18.3 Å². The van der Waals surface area contributed by atoms with Crippen LogP contribution < -0.4 is 5.32 Å². The first-order valence-electron chi connectivity index (χ1n) is 4.82. The number of phenols is 1. The van der Waals surface area contributed by atoms with Gasteiger partial charge in [0, 0.05) is 12.6 Å². The van der Waals surface area contributed by atoms with Gasteiger partial charge in [0.05, 0.1) is 7.11 Å². The SMILES string of the molecule is COC(=O)C(C)NCc1cc(O)cc(F)c1. The highest BCUT2D eigenvalue weighted by molar-refractivity contribution is 5.75. The van der Waals surface area contributed by atoms with E-state index in [1.54, 1.807) is 6.92 Å². The van der Waals surface area contributed by atoms with E-state index in [2.05, 4.69) is 10.1 Å². The van der Waals surface area contributed by atoms with E-state index >= 15 is 0 Å². The fourth-order valence-electron chi connectivity index (χ4n) is 1.27. The van der Waals surface area contributed by atoms with Crippen LogP contribution in [0, 0.1) is 5.82 Å². The molecule has 0 saturated carbocycles. The Morgan fingerprint density at radius 2 is 2.25 bits per heavy atom. The topological polar surface area (TPSA) is 58.6 Å². The summed E-state index contributed by atoms with van der Waals surface area (Å²) in [5.74, 6) is -1.04. The molecule has 5 heteroatoms. The highest BCUT2D eigenvalue weighted by atomic mass is 19.1. The van der Waals surface area contributed by atoms with Crippen molar-refractivity contribution in [2.45, 2.75) is 19.5 Å². The predicted molar refractivity (Wildman–Crippen MR) is 56.4 cm³/mol. The van der Waals surface area contributed by atoms with Crippen molar-refractivity contribution in [3.8, 4) is 5.75 Å². The molecule has 1 atom stereocenters. The van der Waals surface area contributed by atoms with E-state index in [4.69, 9.17) is 5.11 Å². The summed E-state index contributed by atoms with van der Waals surface area (Å²) in [4.78, 5) is 11.1. The molecular formula is C11H14FNO3. The second kappa shape index (κ2) is 5.46. The molecule has 0 fully saturated rings. The van der Waals surface area contributed by atoms with Crippen molar-refractivity contribution in [3.63, 3.8) is 0 Å². The van der Waals surface area contributed by atoms with Gasteiger partial charge in [-0.3, -0.25) is 4.79 Å². The normalized spacial score (nSPS) is 12.2. The van der Waals surface area contributed by atoms with Gasteiger partial charge in [0.1, 0.15) is 17.6 Å². The Morgan fingerprint density at radius 3 is 2.81 bits per heavy atom. The van der Waals surface area contributed by atoms with E-state index in [9.17, 15) is 9.18 Å². The first kappa shape index (κ1) is 12.4. The highest BCUT2D eigenvalue weighted by Crippen LogP contribution is 2.14. The maximum atomic E-state index is 12.9. The fraction of sp³-hybridized carbons (Fsp3) is 0.364. The molecular weight excluding hydrogens is 213 g/mol. The third-order valence-corrected chi connectivity index (χ3v) is 2.11. The van der Waals surface area contributed by atoms with Gasteiger partial charge in [-0.25, -0.2) is 4.39 Å². The Hall–Kier alpha value is -1.62. The molecule has 0 aliphatic carbocycles. The van der Waals surface area contributed by atoms with Gasteiger partial charge in [0.15, 0.2) is 0 Å². The standard InChI is InChI=1S/C11H14FNO3/c1-7(11(15)16-2)13-6-8-3-9(12)5-10(14)4-8/h3-5,7,13-14H,6H2,1-2H3. The zero-order chi connectivity index (χ0) is 12.1. The lowest BCUT2D eigenvalue weighted by Gasteiger charge is -2.11. The molecule has 1 aromatic carbocycles. The number of rotatable bonds is 4. The van der Waals surface area contributed by atoms with Gasteiger partial charge in [-0.1, -0.05) is 0 Å². The maximum Gasteiger partial charge on any atom is 0.322 e. The Balaban J connectivity index is 2.57. The molecule has 1 aromatic rings. The van der Waals surface area contributed by atoms with E-state index in [0.717, 1.165) is 6.07 Å². The number of ether oxygens (including phenoxy) is 1. The molecule has 2 N–H and O–H groups in total. The molecule has 0 saturated heterocycles. The molecule has 0 bridgehead atoms. The summed E-state index contributed by atoms with van der Waals surface area (Å²) in [6, 6.07) is 3.26. The number of halogens is 1. The quantitative estimate of drug-likeness (QED) is 0.758. The van der Waals surface area contributed by atoms with Crippen molar-refractivity contribution in [1.29, 1.82) is 0 Å². The number of benzene rings is 1. The minimum absolute atomic E-state index is 0.137. The van der Waals surface area contributed by atoms with Crippen LogP contribution in [0.4, 0.5) is 4.39 Å². The summed E-state index contributed by atoms with van der Waals surface area (Å²) in [6.45, 7) is 1.92. The number of aromatic hydroxyl groups is 1. The van der Waals surface area contributed by atoms with Gasteiger partial charge in [0.2, 0.25) is 0 Å². The molecule has 0 radical (unpaired) electrons. The molecule has 4 nitrogen and oxygen atoms in total. The highest BCUT2D eigenvalue weighted by Gasteiger charge is 2.11. The predicted octanol–water partition coefficient (Wildman–Crippen LogP) is 1.18. The molecule has 0 aliphatic rings. The van der Waals surface area contributed by atoms with Crippen molar-refractivity contribution in [2.24, 2.45) is 0 Å². The van der Waals surface area contributed by atoms with Crippen molar-refractivity contribution in [2.75, 3.05) is 7.11 Å². The van der Waals surface area contributed by atoms with Gasteiger partial charge in [-0.15, -0.1) is 0 Å². The number of esters is 1. The van der Waals surface area contributed by atoms with Crippen LogP contribution in [0.1, 0.15) is 12.5 Å². The smallest absolute Gasteiger partial charge is 0.322 e. The van der Waals surface area contributed by atoms with Gasteiger partial charge in [0.25, 0.3) is 0 Å². The number of carbonyl (C=O) groups is 1. The van der Waals surface area contributed by atoms with E-state index in [0.29, 0.717) is 5.56 Å². The molecule has 0 aromatic heterocycles. The van der Waals surface area contributed by atoms with Crippen LogP contribution in [0.2, 0.25) is 0 Å². The zero-order valence-electron chi connectivity index (χ0n) is 9.16. The second-order valence-electron chi connectivity index (χ2n) is 3.44. The molecule has 0 aliphatic heterocycles. The minimum atomic E-state index is -0.512. The first-order chi connectivity index (χ1) is 7.52. The fourth-order valence-corrected chi connectivity index (χ4v) is 1.27. The molecule has 0 amide bonds. The van der Waals surface area contributed by atoms with Crippen LogP contribution in [-0.2, 0) is 16.1 Å². The maximum absolute atomic E-state index is 12.9. The lowest BCUT2D eigenvalue weighted by Crippen LogP contribution is -2.34. The van der Waals surface area contributed by atoms with Gasteiger partial charge >= 0.3 is 5.97 Å². The lowest BCUT2D eigenvalue weighted by atomic mass is 10.2. The molecule has 16 heavy (non-hydrogen) atoms. The van der Waals surface area contributed by atoms with Crippen LogP contribution in [-0.4, -0.2) is 24.2 Å². The third-order valence-electron chi connectivity index (χ3n) is 2.11.